The number of fused-ring (bicyclic) bond motifs is 1. The van der Waals surface area contributed by atoms with Gasteiger partial charge in [0.15, 0.2) is 11.8 Å². The van der Waals surface area contributed by atoms with Crippen LogP contribution in [0.5, 0.6) is 0 Å². The highest BCUT2D eigenvalue weighted by Crippen LogP contribution is 2.19. The standard InChI is InChI=1S/C20H27N7O2/c1-20(2,3)29-19(28)26-7-8-27-16(12-26)11-22-18(27)21-10-14-5-4-6-15(9-14)17-23-13-24-25-17/h4-6,9,13,16H,7-8,10-12H2,1-3H3,(H,21,22)(H,23,24,25). The average Bonchev–Trinajstić information content (AvgIpc) is 3.35. The Morgan fingerprint density at radius 3 is 2.97 bits per heavy atom. The van der Waals surface area contributed by atoms with Crippen LogP contribution in [-0.2, 0) is 11.3 Å². The lowest BCUT2D eigenvalue weighted by molar-refractivity contribution is 0.0137. The van der Waals surface area contributed by atoms with Gasteiger partial charge in [-0.3, -0.25) is 10.1 Å². The molecule has 2 aliphatic heterocycles. The van der Waals surface area contributed by atoms with Crippen molar-refractivity contribution >= 4 is 12.1 Å². The highest BCUT2D eigenvalue weighted by atomic mass is 16.6. The van der Waals surface area contributed by atoms with Crippen molar-refractivity contribution in [2.75, 3.05) is 26.2 Å². The number of benzene rings is 1. The van der Waals surface area contributed by atoms with Gasteiger partial charge in [-0.15, -0.1) is 0 Å². The molecular formula is C20H27N7O2. The third-order valence-electron chi connectivity index (χ3n) is 4.92. The molecule has 1 fully saturated rings. The Kier molecular flexibility index (Phi) is 5.12. The molecule has 29 heavy (non-hydrogen) atoms. The quantitative estimate of drug-likeness (QED) is 0.820. The number of rotatable bonds is 3. The lowest BCUT2D eigenvalue weighted by Gasteiger charge is -2.39. The highest BCUT2D eigenvalue weighted by Gasteiger charge is 2.36. The summed E-state index contributed by atoms with van der Waals surface area (Å²) in [5.41, 5.74) is 1.66. The van der Waals surface area contributed by atoms with Crippen LogP contribution in [0.15, 0.2) is 35.6 Å². The van der Waals surface area contributed by atoms with E-state index in [1.54, 1.807) is 4.90 Å². The molecule has 0 aliphatic carbocycles. The summed E-state index contributed by atoms with van der Waals surface area (Å²) in [5.74, 6) is 1.65. The molecule has 1 aromatic carbocycles. The monoisotopic (exact) mass is 397 g/mol. The van der Waals surface area contributed by atoms with Crippen LogP contribution in [0.25, 0.3) is 11.4 Å². The van der Waals surface area contributed by atoms with Gasteiger partial charge < -0.3 is 19.9 Å². The number of guanidine groups is 1. The number of nitrogens with one attached hydrogen (secondary N) is 2. The molecule has 0 bridgehead atoms. The molecule has 1 saturated heterocycles. The van der Waals surface area contributed by atoms with Crippen LogP contribution in [0.1, 0.15) is 26.3 Å². The van der Waals surface area contributed by atoms with Crippen molar-refractivity contribution in [1.82, 2.24) is 30.3 Å². The first-order valence-electron chi connectivity index (χ1n) is 9.86. The van der Waals surface area contributed by atoms with Gasteiger partial charge in [-0.2, -0.15) is 5.10 Å². The number of H-pyrrole nitrogens is 1. The third-order valence-corrected chi connectivity index (χ3v) is 4.92. The largest absolute Gasteiger partial charge is 0.444 e. The zero-order valence-electron chi connectivity index (χ0n) is 17.1. The number of ether oxygens (including phenoxy) is 1. The minimum atomic E-state index is -0.479. The normalized spacial score (nSPS) is 19.0. The molecule has 9 nitrogen and oxygen atoms in total. The van der Waals surface area contributed by atoms with Crippen molar-refractivity contribution in [3.05, 3.63) is 36.2 Å². The molecule has 1 amide bonds. The number of amides is 1. The number of piperazine rings is 1. The van der Waals surface area contributed by atoms with E-state index < -0.39 is 5.60 Å². The first-order valence-corrected chi connectivity index (χ1v) is 9.86. The Balaban J connectivity index is 1.32. The van der Waals surface area contributed by atoms with Crippen LogP contribution >= 0.6 is 0 Å². The zero-order valence-corrected chi connectivity index (χ0v) is 17.1. The number of aromatic amines is 1. The minimum Gasteiger partial charge on any atom is -0.444 e. The van der Waals surface area contributed by atoms with Crippen LogP contribution in [0.2, 0.25) is 0 Å². The van der Waals surface area contributed by atoms with Crippen LogP contribution in [0.4, 0.5) is 4.79 Å². The van der Waals surface area contributed by atoms with Gasteiger partial charge in [0, 0.05) is 31.7 Å². The summed E-state index contributed by atoms with van der Waals surface area (Å²) in [6.07, 6.45) is 1.26. The van der Waals surface area contributed by atoms with Gasteiger partial charge in [-0.1, -0.05) is 18.2 Å². The number of hydrogen-bond acceptors (Lipinski definition) is 7. The molecule has 2 aliphatic rings. The summed E-state index contributed by atoms with van der Waals surface area (Å²) in [6, 6.07) is 8.36. The van der Waals surface area contributed by atoms with Crippen molar-refractivity contribution in [1.29, 1.82) is 0 Å². The number of aliphatic imine (C=N–C) groups is 1. The summed E-state index contributed by atoms with van der Waals surface area (Å²) in [5, 5.41) is 10.2. The van der Waals surface area contributed by atoms with Crippen molar-refractivity contribution in [3.8, 4) is 11.4 Å². The zero-order chi connectivity index (χ0) is 20.4. The Morgan fingerprint density at radius 2 is 2.21 bits per heavy atom. The maximum absolute atomic E-state index is 12.3. The molecular weight excluding hydrogens is 370 g/mol. The second-order valence-corrected chi connectivity index (χ2v) is 8.33. The number of aromatic nitrogens is 3. The van der Waals surface area contributed by atoms with Gasteiger partial charge in [0.1, 0.15) is 11.9 Å². The first kappa shape index (κ1) is 19.2. The van der Waals surface area contributed by atoms with Crippen molar-refractivity contribution in [2.24, 2.45) is 4.99 Å². The smallest absolute Gasteiger partial charge is 0.410 e. The molecule has 0 radical (unpaired) electrons. The van der Waals surface area contributed by atoms with Gasteiger partial charge >= 0.3 is 6.09 Å². The summed E-state index contributed by atoms with van der Waals surface area (Å²) >= 11 is 0. The molecule has 3 heterocycles. The van der Waals surface area contributed by atoms with Crippen LogP contribution < -0.4 is 5.32 Å². The minimum absolute atomic E-state index is 0.194. The molecule has 154 valence electrons. The van der Waals surface area contributed by atoms with Crippen molar-refractivity contribution < 1.29 is 9.53 Å². The van der Waals surface area contributed by atoms with Crippen LogP contribution in [-0.4, -0.2) is 74.9 Å². The molecule has 1 atom stereocenters. The number of nitrogens with zero attached hydrogens (tertiary/aromatic N) is 5. The highest BCUT2D eigenvalue weighted by molar-refractivity contribution is 5.82. The molecule has 2 aromatic rings. The van der Waals surface area contributed by atoms with Crippen LogP contribution in [0.3, 0.4) is 0 Å². The van der Waals surface area contributed by atoms with E-state index in [0.717, 1.165) is 29.5 Å². The predicted octanol–water partition coefficient (Wildman–Crippen LogP) is 1.85. The summed E-state index contributed by atoms with van der Waals surface area (Å²) in [6.45, 7) is 9.02. The van der Waals surface area contributed by atoms with E-state index in [9.17, 15) is 4.79 Å². The van der Waals surface area contributed by atoms with Gasteiger partial charge in [-0.25, -0.2) is 9.78 Å². The topological polar surface area (TPSA) is 98.7 Å². The Hall–Kier alpha value is -3.10. The van der Waals surface area contributed by atoms with Gasteiger partial charge in [0.05, 0.1) is 12.6 Å². The Bertz CT molecular complexity index is 888. The summed E-state index contributed by atoms with van der Waals surface area (Å²) < 4.78 is 5.50. The molecule has 0 spiro atoms. The lowest BCUT2D eigenvalue weighted by Crippen LogP contribution is -2.57. The van der Waals surface area contributed by atoms with E-state index in [0.29, 0.717) is 26.2 Å². The number of carbonyl (C=O) groups excluding carboxylic acids is 1. The number of hydrogen-bond donors (Lipinski definition) is 2. The first-order chi connectivity index (χ1) is 13.9. The number of carbonyl (C=O) groups is 1. The molecule has 0 saturated carbocycles. The predicted molar refractivity (Wildman–Crippen MR) is 109 cm³/mol. The second kappa shape index (κ2) is 7.73. The Morgan fingerprint density at radius 1 is 1.34 bits per heavy atom. The van der Waals surface area contributed by atoms with Gasteiger partial charge in [0.25, 0.3) is 0 Å². The average molecular weight is 397 g/mol. The fourth-order valence-corrected chi connectivity index (χ4v) is 3.58. The lowest BCUT2D eigenvalue weighted by atomic mass is 10.1. The Labute approximate surface area is 170 Å². The van der Waals surface area contributed by atoms with E-state index >= 15 is 0 Å². The molecule has 2 N–H and O–H groups in total. The maximum Gasteiger partial charge on any atom is 0.410 e. The summed E-state index contributed by atoms with van der Waals surface area (Å²) in [4.78, 5) is 25.2. The van der Waals surface area contributed by atoms with E-state index in [2.05, 4.69) is 42.5 Å². The SMILES string of the molecule is CC(C)(C)OC(=O)N1CCN2C(NCc3cccc(-c4ncn[nH]4)c3)=NCC2C1. The van der Waals surface area contributed by atoms with E-state index in [-0.39, 0.29) is 12.1 Å². The molecule has 4 rings (SSSR count). The molecule has 1 aromatic heterocycles. The fourth-order valence-electron chi connectivity index (χ4n) is 3.58. The van der Waals surface area contributed by atoms with E-state index in [1.807, 2.05) is 32.9 Å². The van der Waals surface area contributed by atoms with Crippen molar-refractivity contribution in [2.45, 2.75) is 39.0 Å². The third kappa shape index (κ3) is 4.49. The van der Waals surface area contributed by atoms with E-state index in [1.165, 1.54) is 6.33 Å². The van der Waals surface area contributed by atoms with E-state index in [4.69, 9.17) is 4.74 Å². The molecule has 1 unspecified atom stereocenters. The second-order valence-electron chi connectivity index (χ2n) is 8.33. The fraction of sp³-hybridized carbons (Fsp3) is 0.500. The molecule has 9 heteroatoms. The maximum atomic E-state index is 12.3. The van der Waals surface area contributed by atoms with Crippen LogP contribution in [0, 0.1) is 0 Å². The van der Waals surface area contributed by atoms with Crippen molar-refractivity contribution in [3.63, 3.8) is 0 Å². The summed E-state index contributed by atoms with van der Waals surface area (Å²) in [7, 11) is 0. The van der Waals surface area contributed by atoms with Gasteiger partial charge in [0.2, 0.25) is 0 Å². The van der Waals surface area contributed by atoms with Gasteiger partial charge in [-0.05, 0) is 32.4 Å².